The van der Waals surface area contributed by atoms with Gasteiger partial charge in [0.15, 0.2) is 0 Å². The number of hydrogen-bond acceptors (Lipinski definition) is 3. The van der Waals surface area contributed by atoms with Gasteiger partial charge in [0.1, 0.15) is 5.75 Å². The molecule has 0 aromatic heterocycles. The van der Waals surface area contributed by atoms with E-state index in [9.17, 15) is 0 Å². The maximum Gasteiger partial charge on any atom is 0.135 e. The molecule has 84 valence electrons. The highest BCUT2D eigenvalue weighted by Gasteiger charge is 2.16. The number of para-hydroxylation sites is 1. The quantitative estimate of drug-likeness (QED) is 0.800. The Morgan fingerprint density at radius 1 is 1.40 bits per heavy atom. The van der Waals surface area contributed by atoms with Crippen molar-refractivity contribution in [3.05, 3.63) is 23.8 Å². The molecule has 1 rings (SSSR count). The van der Waals surface area contributed by atoms with Gasteiger partial charge in [-0.3, -0.25) is 0 Å². The Kier molecular flexibility index (Phi) is 4.05. The number of hydrogen-bond donors (Lipinski definition) is 1. The zero-order valence-electron chi connectivity index (χ0n) is 9.83. The van der Waals surface area contributed by atoms with E-state index < -0.39 is 0 Å². The predicted molar refractivity (Wildman–Crippen MR) is 66.7 cm³/mol. The molecule has 0 fully saturated rings. The molecule has 0 heterocycles. The highest BCUT2D eigenvalue weighted by atomic mass is 32.2. The summed E-state index contributed by atoms with van der Waals surface area (Å²) in [7, 11) is 1.71. The van der Waals surface area contributed by atoms with Crippen molar-refractivity contribution >= 4 is 11.8 Å². The fraction of sp³-hybridized carbons (Fsp3) is 0.500. The van der Waals surface area contributed by atoms with E-state index in [1.54, 1.807) is 18.9 Å². The Balaban J connectivity index is 3.06. The first-order chi connectivity index (χ1) is 6.98. The third-order valence-electron chi connectivity index (χ3n) is 2.13. The molecule has 2 N–H and O–H groups in total. The third-order valence-corrected chi connectivity index (χ3v) is 2.89. The number of benzene rings is 1. The standard InChI is InChI=1S/C12H19NOS/c1-12(2,13)8-9-6-5-7-10(15-4)11(9)14-3/h5-7H,8,13H2,1-4H3. The molecule has 0 aliphatic carbocycles. The SMILES string of the molecule is COc1c(CC(C)(C)N)cccc1SC. The van der Waals surface area contributed by atoms with Gasteiger partial charge in [0.25, 0.3) is 0 Å². The van der Waals surface area contributed by atoms with Crippen LogP contribution in [0.4, 0.5) is 0 Å². The molecule has 1 aromatic carbocycles. The summed E-state index contributed by atoms with van der Waals surface area (Å²) in [6.45, 7) is 4.05. The molecule has 2 nitrogen and oxygen atoms in total. The third kappa shape index (κ3) is 3.43. The molecule has 15 heavy (non-hydrogen) atoms. The molecule has 0 spiro atoms. The van der Waals surface area contributed by atoms with E-state index in [-0.39, 0.29) is 5.54 Å². The molecule has 0 aliphatic heterocycles. The van der Waals surface area contributed by atoms with Crippen molar-refractivity contribution in [3.8, 4) is 5.75 Å². The summed E-state index contributed by atoms with van der Waals surface area (Å²) in [5.41, 5.74) is 6.99. The molecule has 0 amide bonds. The lowest BCUT2D eigenvalue weighted by molar-refractivity contribution is 0.392. The van der Waals surface area contributed by atoms with Crippen molar-refractivity contribution < 1.29 is 4.74 Å². The molecule has 0 atom stereocenters. The van der Waals surface area contributed by atoms with Crippen LogP contribution in [-0.2, 0) is 6.42 Å². The lowest BCUT2D eigenvalue weighted by Gasteiger charge is -2.21. The Labute approximate surface area is 96.2 Å². The van der Waals surface area contributed by atoms with Crippen molar-refractivity contribution in [3.63, 3.8) is 0 Å². The Morgan fingerprint density at radius 3 is 2.53 bits per heavy atom. The number of methoxy groups -OCH3 is 1. The fourth-order valence-electron chi connectivity index (χ4n) is 1.58. The van der Waals surface area contributed by atoms with Gasteiger partial charge in [0.05, 0.1) is 7.11 Å². The second kappa shape index (κ2) is 4.90. The number of thioether (sulfide) groups is 1. The second-order valence-corrected chi connectivity index (χ2v) is 5.17. The van der Waals surface area contributed by atoms with Crippen LogP contribution in [-0.4, -0.2) is 18.9 Å². The van der Waals surface area contributed by atoms with E-state index in [0.29, 0.717) is 0 Å². The van der Waals surface area contributed by atoms with Crippen molar-refractivity contribution in [2.45, 2.75) is 30.7 Å². The van der Waals surface area contributed by atoms with Crippen LogP contribution in [0.3, 0.4) is 0 Å². The van der Waals surface area contributed by atoms with Crippen LogP contribution in [0, 0.1) is 0 Å². The fourth-order valence-corrected chi connectivity index (χ4v) is 2.20. The van der Waals surface area contributed by atoms with Crippen LogP contribution < -0.4 is 10.5 Å². The topological polar surface area (TPSA) is 35.2 Å². The minimum absolute atomic E-state index is 0.204. The van der Waals surface area contributed by atoms with Crippen molar-refractivity contribution in [1.29, 1.82) is 0 Å². The minimum atomic E-state index is -0.204. The molecule has 3 heteroatoms. The summed E-state index contributed by atoms with van der Waals surface area (Å²) in [6, 6.07) is 6.19. The normalized spacial score (nSPS) is 11.5. The largest absolute Gasteiger partial charge is 0.495 e. The molecule has 0 aliphatic rings. The van der Waals surface area contributed by atoms with Crippen LogP contribution in [0.5, 0.6) is 5.75 Å². The average Bonchev–Trinajstić information content (AvgIpc) is 2.15. The van der Waals surface area contributed by atoms with E-state index in [0.717, 1.165) is 12.2 Å². The van der Waals surface area contributed by atoms with Crippen LogP contribution in [0.2, 0.25) is 0 Å². The molecule has 0 unspecified atom stereocenters. The lowest BCUT2D eigenvalue weighted by Crippen LogP contribution is -2.34. The van der Waals surface area contributed by atoms with E-state index in [2.05, 4.69) is 24.5 Å². The zero-order chi connectivity index (χ0) is 11.5. The number of nitrogens with two attached hydrogens (primary N) is 1. The highest BCUT2D eigenvalue weighted by Crippen LogP contribution is 2.32. The number of ether oxygens (including phenoxy) is 1. The van der Waals surface area contributed by atoms with E-state index in [1.165, 1.54) is 10.5 Å². The van der Waals surface area contributed by atoms with Crippen LogP contribution in [0.1, 0.15) is 19.4 Å². The van der Waals surface area contributed by atoms with Gasteiger partial charge in [0.2, 0.25) is 0 Å². The second-order valence-electron chi connectivity index (χ2n) is 4.32. The van der Waals surface area contributed by atoms with Crippen molar-refractivity contribution in [1.82, 2.24) is 0 Å². The number of rotatable bonds is 4. The van der Waals surface area contributed by atoms with E-state index in [4.69, 9.17) is 10.5 Å². The van der Waals surface area contributed by atoms with Gasteiger partial charge < -0.3 is 10.5 Å². The van der Waals surface area contributed by atoms with Gasteiger partial charge in [-0.2, -0.15) is 0 Å². The Hall–Kier alpha value is -0.670. The van der Waals surface area contributed by atoms with Gasteiger partial charge >= 0.3 is 0 Å². The van der Waals surface area contributed by atoms with Crippen LogP contribution >= 0.6 is 11.8 Å². The first kappa shape index (κ1) is 12.4. The molecular weight excluding hydrogens is 206 g/mol. The van der Waals surface area contributed by atoms with Crippen molar-refractivity contribution in [2.24, 2.45) is 5.73 Å². The zero-order valence-corrected chi connectivity index (χ0v) is 10.6. The first-order valence-corrected chi connectivity index (χ1v) is 6.19. The smallest absolute Gasteiger partial charge is 0.135 e. The molecular formula is C12H19NOS. The Bertz CT molecular complexity index is 331. The monoisotopic (exact) mass is 225 g/mol. The van der Waals surface area contributed by atoms with Crippen molar-refractivity contribution in [2.75, 3.05) is 13.4 Å². The molecule has 0 bridgehead atoms. The maximum absolute atomic E-state index is 6.02. The Morgan fingerprint density at radius 2 is 2.07 bits per heavy atom. The molecule has 1 aromatic rings. The van der Waals surface area contributed by atoms with Gasteiger partial charge in [0, 0.05) is 10.4 Å². The van der Waals surface area contributed by atoms with Gasteiger partial charge in [-0.15, -0.1) is 11.8 Å². The van der Waals surface area contributed by atoms with E-state index >= 15 is 0 Å². The molecule has 0 saturated heterocycles. The summed E-state index contributed by atoms with van der Waals surface area (Å²) in [4.78, 5) is 1.17. The highest BCUT2D eigenvalue weighted by molar-refractivity contribution is 7.98. The summed E-state index contributed by atoms with van der Waals surface area (Å²) >= 11 is 1.69. The molecule has 0 saturated carbocycles. The van der Waals surface area contributed by atoms with Gasteiger partial charge in [-0.25, -0.2) is 0 Å². The van der Waals surface area contributed by atoms with Gasteiger partial charge in [-0.1, -0.05) is 12.1 Å². The predicted octanol–water partition coefficient (Wildman–Crippen LogP) is 2.70. The van der Waals surface area contributed by atoms with Crippen LogP contribution in [0.25, 0.3) is 0 Å². The maximum atomic E-state index is 6.02. The van der Waals surface area contributed by atoms with Gasteiger partial charge in [-0.05, 0) is 38.2 Å². The van der Waals surface area contributed by atoms with E-state index in [1.807, 2.05) is 13.8 Å². The first-order valence-electron chi connectivity index (χ1n) is 4.96. The summed E-state index contributed by atoms with van der Waals surface area (Å²) in [6.07, 6.45) is 2.87. The summed E-state index contributed by atoms with van der Waals surface area (Å²) in [5, 5.41) is 0. The summed E-state index contributed by atoms with van der Waals surface area (Å²) in [5.74, 6) is 0.962. The molecule has 0 radical (unpaired) electrons. The lowest BCUT2D eigenvalue weighted by atomic mass is 9.96. The average molecular weight is 225 g/mol. The van der Waals surface area contributed by atoms with Crippen LogP contribution in [0.15, 0.2) is 23.1 Å². The minimum Gasteiger partial charge on any atom is -0.495 e. The summed E-state index contributed by atoms with van der Waals surface area (Å²) < 4.78 is 5.44.